The molecule has 0 saturated heterocycles. The molecule has 1 heterocycles. The number of nitrogens with zero attached hydrogens (tertiary/aromatic N) is 1. The van der Waals surface area contributed by atoms with E-state index in [0.29, 0.717) is 11.3 Å². The van der Waals surface area contributed by atoms with Crippen molar-refractivity contribution in [2.24, 2.45) is 10.7 Å². The highest BCUT2D eigenvalue weighted by molar-refractivity contribution is 6.30. The van der Waals surface area contributed by atoms with Crippen LogP contribution in [0.3, 0.4) is 0 Å². The maximum Gasteiger partial charge on any atom is 0.166 e. The molecule has 2 aromatic carbocycles. The molecule has 1 unspecified atom stereocenters. The van der Waals surface area contributed by atoms with Crippen molar-refractivity contribution in [1.82, 2.24) is 0 Å². The van der Waals surface area contributed by atoms with Crippen molar-refractivity contribution >= 4 is 29.3 Å². The first-order valence-corrected chi connectivity index (χ1v) is 6.34. The van der Waals surface area contributed by atoms with Gasteiger partial charge in [0.2, 0.25) is 0 Å². The van der Waals surface area contributed by atoms with E-state index in [2.05, 4.69) is 10.3 Å². The van der Waals surface area contributed by atoms with Gasteiger partial charge in [0.25, 0.3) is 0 Å². The van der Waals surface area contributed by atoms with E-state index < -0.39 is 11.5 Å². The molecular weight excluding hydrogens is 279 g/mol. The predicted molar refractivity (Wildman–Crippen MR) is 79.3 cm³/mol. The van der Waals surface area contributed by atoms with Crippen molar-refractivity contribution < 1.29 is 4.39 Å². The van der Waals surface area contributed by atoms with Crippen molar-refractivity contribution in [2.45, 2.75) is 5.66 Å². The van der Waals surface area contributed by atoms with Crippen LogP contribution in [-0.4, -0.2) is 6.34 Å². The second-order valence-electron chi connectivity index (χ2n) is 4.58. The zero-order valence-electron chi connectivity index (χ0n) is 10.4. The van der Waals surface area contributed by atoms with Crippen LogP contribution in [0.15, 0.2) is 41.4 Å². The zero-order valence-corrected chi connectivity index (χ0v) is 11.2. The van der Waals surface area contributed by atoms with Gasteiger partial charge in [0.1, 0.15) is 5.82 Å². The summed E-state index contributed by atoms with van der Waals surface area (Å²) in [5.41, 5.74) is 12.8. The van der Waals surface area contributed by atoms with Crippen LogP contribution in [0.2, 0.25) is 5.02 Å². The molecule has 1 aliphatic heterocycles. The molecule has 2 aromatic rings. The zero-order chi connectivity index (χ0) is 14.3. The third kappa shape index (κ3) is 1.83. The summed E-state index contributed by atoms with van der Waals surface area (Å²) in [5.74, 6) is -0.580. The fourth-order valence-electron chi connectivity index (χ4n) is 2.29. The van der Waals surface area contributed by atoms with Crippen LogP contribution in [0.5, 0.6) is 0 Å². The number of halogens is 2. The molecule has 102 valence electrons. The van der Waals surface area contributed by atoms with E-state index in [9.17, 15) is 4.39 Å². The summed E-state index contributed by atoms with van der Waals surface area (Å²) < 4.78 is 14.3. The third-order valence-electron chi connectivity index (χ3n) is 3.30. The lowest BCUT2D eigenvalue weighted by Gasteiger charge is -2.32. The molecule has 0 bridgehead atoms. The second kappa shape index (κ2) is 4.47. The minimum atomic E-state index is -1.36. The summed E-state index contributed by atoms with van der Waals surface area (Å²) in [7, 11) is 0. The van der Waals surface area contributed by atoms with Crippen LogP contribution in [-0.2, 0) is 5.66 Å². The fourth-order valence-corrected chi connectivity index (χ4v) is 2.46. The van der Waals surface area contributed by atoms with Gasteiger partial charge in [-0.05, 0) is 24.3 Å². The highest BCUT2D eigenvalue weighted by Gasteiger charge is 2.36. The van der Waals surface area contributed by atoms with Crippen LogP contribution in [0.4, 0.5) is 15.8 Å². The van der Waals surface area contributed by atoms with Gasteiger partial charge in [-0.2, -0.15) is 0 Å². The van der Waals surface area contributed by atoms with Crippen LogP contribution in [0.1, 0.15) is 11.1 Å². The largest absolute Gasteiger partial charge is 0.399 e. The second-order valence-corrected chi connectivity index (χ2v) is 4.98. The monoisotopic (exact) mass is 290 g/mol. The van der Waals surface area contributed by atoms with Crippen LogP contribution in [0.25, 0.3) is 0 Å². The Morgan fingerprint density at radius 3 is 2.80 bits per heavy atom. The summed E-state index contributed by atoms with van der Waals surface area (Å²) in [6, 6.07) is 9.86. The summed E-state index contributed by atoms with van der Waals surface area (Å²) >= 11 is 5.83. The Morgan fingerprint density at radius 1 is 1.20 bits per heavy atom. The molecule has 0 aromatic heterocycles. The fraction of sp³-hybridized carbons (Fsp3) is 0.0714. The normalized spacial score (nSPS) is 20.4. The smallest absolute Gasteiger partial charge is 0.166 e. The van der Waals surface area contributed by atoms with E-state index in [0.717, 1.165) is 5.69 Å². The number of benzene rings is 2. The molecule has 0 amide bonds. The molecule has 5 N–H and O–H groups in total. The molecule has 0 radical (unpaired) electrons. The topological polar surface area (TPSA) is 76.4 Å². The maximum absolute atomic E-state index is 14.3. The summed E-state index contributed by atoms with van der Waals surface area (Å²) in [6.07, 6.45) is 1.44. The lowest BCUT2D eigenvalue weighted by molar-refractivity contribution is 0.514. The Kier molecular flexibility index (Phi) is 2.88. The average molecular weight is 291 g/mol. The number of nitrogens with two attached hydrogens (primary N) is 2. The number of rotatable bonds is 1. The number of aliphatic imine (C=N–C) groups is 1. The van der Waals surface area contributed by atoms with Gasteiger partial charge >= 0.3 is 0 Å². The number of fused-ring (bicyclic) bond motifs is 1. The van der Waals surface area contributed by atoms with Crippen molar-refractivity contribution in [2.75, 3.05) is 11.1 Å². The molecule has 1 aliphatic rings. The molecule has 20 heavy (non-hydrogen) atoms. The summed E-state index contributed by atoms with van der Waals surface area (Å²) in [4.78, 5) is 4.20. The number of hydrogen-bond donors (Lipinski definition) is 3. The molecule has 0 saturated carbocycles. The van der Waals surface area contributed by atoms with Crippen LogP contribution < -0.4 is 16.8 Å². The summed E-state index contributed by atoms with van der Waals surface area (Å²) in [6.45, 7) is 0. The molecular formula is C14H12ClFN4. The van der Waals surface area contributed by atoms with Crippen molar-refractivity contribution in [1.29, 1.82) is 0 Å². The van der Waals surface area contributed by atoms with Gasteiger partial charge in [-0.1, -0.05) is 23.7 Å². The van der Waals surface area contributed by atoms with Gasteiger partial charge in [0, 0.05) is 22.5 Å². The van der Waals surface area contributed by atoms with Crippen molar-refractivity contribution in [3.8, 4) is 0 Å². The van der Waals surface area contributed by atoms with Gasteiger partial charge in [0.15, 0.2) is 5.66 Å². The van der Waals surface area contributed by atoms with Crippen LogP contribution in [0, 0.1) is 5.82 Å². The first kappa shape index (κ1) is 12.9. The van der Waals surface area contributed by atoms with E-state index >= 15 is 0 Å². The first-order chi connectivity index (χ1) is 9.52. The molecule has 0 spiro atoms. The predicted octanol–water partition coefficient (Wildman–Crippen LogP) is 2.67. The van der Waals surface area contributed by atoms with Gasteiger partial charge in [-0.15, -0.1) is 0 Å². The minimum Gasteiger partial charge on any atom is -0.399 e. The van der Waals surface area contributed by atoms with Gasteiger partial charge in [0.05, 0.1) is 11.4 Å². The standard InChI is InChI=1S/C14H12ClFN4/c15-11-3-1-2-9(13(11)16)14(18)10-6-8(17)4-5-12(10)19-7-20-14/h1-7H,17-18H2,(H,19,20). The Balaban J connectivity index is 2.27. The van der Waals surface area contributed by atoms with E-state index in [1.807, 2.05) is 0 Å². The van der Waals surface area contributed by atoms with E-state index in [1.54, 1.807) is 30.3 Å². The third-order valence-corrected chi connectivity index (χ3v) is 3.60. The Hall–Kier alpha value is -2.11. The van der Waals surface area contributed by atoms with E-state index in [-0.39, 0.29) is 10.6 Å². The maximum atomic E-state index is 14.3. The minimum absolute atomic E-state index is 0.00603. The number of hydrogen-bond acceptors (Lipinski definition) is 4. The number of anilines is 2. The van der Waals surface area contributed by atoms with Crippen molar-refractivity contribution in [3.63, 3.8) is 0 Å². The molecule has 4 nitrogen and oxygen atoms in total. The quantitative estimate of drug-likeness (QED) is 0.707. The van der Waals surface area contributed by atoms with E-state index in [4.69, 9.17) is 23.1 Å². The Labute approximate surface area is 120 Å². The number of nitrogens with one attached hydrogen (secondary N) is 1. The molecule has 0 fully saturated rings. The van der Waals surface area contributed by atoms with Gasteiger partial charge in [-0.25, -0.2) is 9.38 Å². The highest BCUT2D eigenvalue weighted by atomic mass is 35.5. The Bertz CT molecular complexity index is 716. The molecule has 0 aliphatic carbocycles. The Morgan fingerprint density at radius 2 is 2.00 bits per heavy atom. The molecule has 1 atom stereocenters. The average Bonchev–Trinajstić information content (AvgIpc) is 2.43. The molecule has 3 rings (SSSR count). The number of nitrogen functional groups attached to an aromatic ring is 1. The van der Waals surface area contributed by atoms with Crippen molar-refractivity contribution in [3.05, 3.63) is 58.4 Å². The van der Waals surface area contributed by atoms with Crippen LogP contribution >= 0.6 is 11.6 Å². The van der Waals surface area contributed by atoms with Gasteiger partial charge in [-0.3, -0.25) is 5.73 Å². The SMILES string of the molecule is Nc1ccc2c(c1)C(N)(c1cccc(Cl)c1F)N=CN2. The first-order valence-electron chi connectivity index (χ1n) is 5.96. The lowest BCUT2D eigenvalue weighted by atomic mass is 9.89. The lowest BCUT2D eigenvalue weighted by Crippen LogP contribution is -2.40. The summed E-state index contributed by atoms with van der Waals surface area (Å²) in [5, 5.41) is 2.97. The molecule has 6 heteroatoms. The van der Waals surface area contributed by atoms with E-state index in [1.165, 1.54) is 12.4 Å². The van der Waals surface area contributed by atoms with Gasteiger partial charge < -0.3 is 11.1 Å². The highest BCUT2D eigenvalue weighted by Crippen LogP contribution is 2.38.